The zero-order valence-corrected chi connectivity index (χ0v) is 20.6. The van der Waals surface area contributed by atoms with Crippen LogP contribution in [0, 0.1) is 0 Å². The van der Waals surface area contributed by atoms with Crippen LogP contribution in [0.3, 0.4) is 0 Å². The standard InChI is InChI=1S/C28H31N3O3S/c32-28(31-16-8-14-26(31)21-23-9-3-1-4-10-23)24-11-7-15-27(22-24)35(33,34)30-19-17-29(18-20-30)25-12-5-2-6-13-25/h1-7,9-13,15,22,26H,8,14,16-21H2. The number of nitrogens with zero attached hydrogens (tertiary/aromatic N) is 3. The van der Waals surface area contributed by atoms with Gasteiger partial charge in [0.25, 0.3) is 5.91 Å². The smallest absolute Gasteiger partial charge is 0.254 e. The number of para-hydroxylation sites is 1. The van der Waals surface area contributed by atoms with Gasteiger partial charge in [0.2, 0.25) is 10.0 Å². The summed E-state index contributed by atoms with van der Waals surface area (Å²) in [6, 6.07) is 27.0. The number of carbonyl (C=O) groups is 1. The second kappa shape index (κ2) is 10.2. The molecule has 2 fully saturated rings. The van der Waals surface area contributed by atoms with Crippen LogP contribution in [-0.2, 0) is 16.4 Å². The van der Waals surface area contributed by atoms with Crippen molar-refractivity contribution >= 4 is 21.6 Å². The molecule has 0 N–H and O–H groups in total. The van der Waals surface area contributed by atoms with Crippen molar-refractivity contribution in [3.05, 3.63) is 96.1 Å². The van der Waals surface area contributed by atoms with E-state index in [1.807, 2.05) is 53.4 Å². The van der Waals surface area contributed by atoms with Gasteiger partial charge in [-0.2, -0.15) is 4.31 Å². The van der Waals surface area contributed by atoms with E-state index in [9.17, 15) is 13.2 Å². The predicted molar refractivity (Wildman–Crippen MR) is 138 cm³/mol. The number of anilines is 1. The van der Waals surface area contributed by atoms with E-state index in [4.69, 9.17) is 0 Å². The molecule has 7 heteroatoms. The summed E-state index contributed by atoms with van der Waals surface area (Å²) in [5, 5.41) is 0. The van der Waals surface area contributed by atoms with Crippen LogP contribution in [0.2, 0.25) is 0 Å². The van der Waals surface area contributed by atoms with Gasteiger partial charge in [-0.15, -0.1) is 0 Å². The fraction of sp³-hybridized carbons (Fsp3) is 0.321. The predicted octanol–water partition coefficient (Wildman–Crippen LogP) is 4.04. The summed E-state index contributed by atoms with van der Waals surface area (Å²) in [6.45, 7) is 2.81. The first-order chi connectivity index (χ1) is 17.0. The maximum atomic E-state index is 13.4. The van der Waals surface area contributed by atoms with Crippen molar-refractivity contribution in [1.82, 2.24) is 9.21 Å². The minimum atomic E-state index is -3.67. The van der Waals surface area contributed by atoms with Crippen LogP contribution >= 0.6 is 0 Å². The molecule has 0 bridgehead atoms. The first-order valence-electron chi connectivity index (χ1n) is 12.3. The fourth-order valence-corrected chi connectivity index (χ4v) is 6.60. The highest BCUT2D eigenvalue weighted by Gasteiger charge is 2.32. The Labute approximate surface area is 207 Å². The lowest BCUT2D eigenvalue weighted by atomic mass is 10.0. The molecule has 0 spiro atoms. The molecule has 6 nitrogen and oxygen atoms in total. The van der Waals surface area contributed by atoms with E-state index in [1.165, 1.54) is 9.87 Å². The number of hydrogen-bond donors (Lipinski definition) is 0. The van der Waals surface area contributed by atoms with Crippen LogP contribution in [0.1, 0.15) is 28.8 Å². The molecule has 0 radical (unpaired) electrons. The van der Waals surface area contributed by atoms with E-state index in [0.717, 1.165) is 24.9 Å². The number of rotatable bonds is 6. The van der Waals surface area contributed by atoms with Gasteiger partial charge in [0, 0.05) is 50.0 Å². The quantitative estimate of drug-likeness (QED) is 0.524. The minimum absolute atomic E-state index is 0.0885. The van der Waals surface area contributed by atoms with Crippen molar-refractivity contribution < 1.29 is 13.2 Å². The van der Waals surface area contributed by atoms with E-state index < -0.39 is 10.0 Å². The van der Waals surface area contributed by atoms with Gasteiger partial charge in [-0.25, -0.2) is 8.42 Å². The number of sulfonamides is 1. The Kier molecular flexibility index (Phi) is 6.88. The first-order valence-corrected chi connectivity index (χ1v) is 13.7. The monoisotopic (exact) mass is 489 g/mol. The second-order valence-corrected chi connectivity index (χ2v) is 11.2. The fourth-order valence-electron chi connectivity index (χ4n) is 5.13. The molecule has 3 aromatic carbocycles. The lowest BCUT2D eigenvalue weighted by molar-refractivity contribution is 0.0736. The van der Waals surface area contributed by atoms with Gasteiger partial charge in [-0.05, 0) is 55.2 Å². The molecule has 182 valence electrons. The van der Waals surface area contributed by atoms with E-state index in [2.05, 4.69) is 17.0 Å². The Balaban J connectivity index is 1.29. The molecule has 2 heterocycles. The van der Waals surface area contributed by atoms with E-state index in [1.54, 1.807) is 24.3 Å². The number of carbonyl (C=O) groups excluding carboxylic acids is 1. The second-order valence-electron chi connectivity index (χ2n) is 9.24. The summed E-state index contributed by atoms with van der Waals surface area (Å²) in [4.78, 5) is 17.7. The normalized spacial score (nSPS) is 19.1. The Morgan fingerprint density at radius 1 is 0.800 bits per heavy atom. The van der Waals surface area contributed by atoms with Crippen LogP contribution in [-0.4, -0.2) is 62.3 Å². The molecule has 0 saturated carbocycles. The van der Waals surface area contributed by atoms with Gasteiger partial charge in [-0.3, -0.25) is 4.79 Å². The van der Waals surface area contributed by atoms with Crippen molar-refractivity contribution in [2.45, 2.75) is 30.2 Å². The van der Waals surface area contributed by atoms with E-state index in [-0.39, 0.29) is 16.8 Å². The van der Waals surface area contributed by atoms with Crippen molar-refractivity contribution in [3.8, 4) is 0 Å². The number of benzene rings is 3. The molecule has 35 heavy (non-hydrogen) atoms. The Morgan fingerprint density at radius 3 is 2.20 bits per heavy atom. The number of hydrogen-bond acceptors (Lipinski definition) is 4. The third-order valence-electron chi connectivity index (χ3n) is 7.03. The number of amides is 1. The van der Waals surface area contributed by atoms with Gasteiger partial charge in [0.15, 0.2) is 0 Å². The molecule has 2 aliphatic heterocycles. The molecule has 2 saturated heterocycles. The highest BCUT2D eigenvalue weighted by molar-refractivity contribution is 7.89. The van der Waals surface area contributed by atoms with Gasteiger partial charge in [-0.1, -0.05) is 54.6 Å². The summed E-state index contributed by atoms with van der Waals surface area (Å²) < 4.78 is 28.4. The summed E-state index contributed by atoms with van der Waals surface area (Å²) >= 11 is 0. The van der Waals surface area contributed by atoms with Gasteiger partial charge < -0.3 is 9.80 Å². The lowest BCUT2D eigenvalue weighted by Gasteiger charge is -2.35. The van der Waals surface area contributed by atoms with Gasteiger partial charge in [0.05, 0.1) is 4.90 Å². The molecule has 0 aromatic heterocycles. The van der Waals surface area contributed by atoms with E-state index >= 15 is 0 Å². The third kappa shape index (κ3) is 5.11. The maximum absolute atomic E-state index is 13.4. The van der Waals surface area contributed by atoms with Gasteiger partial charge >= 0.3 is 0 Å². The largest absolute Gasteiger partial charge is 0.369 e. The summed E-state index contributed by atoms with van der Waals surface area (Å²) in [6.07, 6.45) is 2.74. The molecule has 1 amide bonds. The average molecular weight is 490 g/mol. The van der Waals surface area contributed by atoms with E-state index in [0.29, 0.717) is 38.3 Å². The van der Waals surface area contributed by atoms with Crippen molar-refractivity contribution in [1.29, 1.82) is 0 Å². The molecular formula is C28H31N3O3S. The van der Waals surface area contributed by atoms with Crippen LogP contribution in [0.5, 0.6) is 0 Å². The summed E-state index contributed by atoms with van der Waals surface area (Å²) in [7, 11) is -3.67. The molecule has 3 aromatic rings. The van der Waals surface area contributed by atoms with Crippen LogP contribution < -0.4 is 4.90 Å². The third-order valence-corrected chi connectivity index (χ3v) is 8.93. The highest BCUT2D eigenvalue weighted by Crippen LogP contribution is 2.26. The first kappa shape index (κ1) is 23.6. The molecule has 5 rings (SSSR count). The van der Waals surface area contributed by atoms with Crippen molar-refractivity contribution in [2.75, 3.05) is 37.6 Å². The minimum Gasteiger partial charge on any atom is -0.369 e. The van der Waals surface area contributed by atoms with Crippen LogP contribution in [0.4, 0.5) is 5.69 Å². The lowest BCUT2D eigenvalue weighted by Crippen LogP contribution is -2.48. The number of piperazine rings is 1. The summed E-state index contributed by atoms with van der Waals surface area (Å²) in [5.41, 5.74) is 2.75. The Hall–Kier alpha value is -3.16. The highest BCUT2D eigenvalue weighted by atomic mass is 32.2. The van der Waals surface area contributed by atoms with Crippen molar-refractivity contribution in [3.63, 3.8) is 0 Å². The summed E-state index contributed by atoms with van der Waals surface area (Å²) in [5.74, 6) is -0.0885. The molecule has 0 aliphatic carbocycles. The molecule has 2 aliphatic rings. The number of likely N-dealkylation sites (tertiary alicyclic amines) is 1. The Bertz CT molecular complexity index is 1260. The molecule has 1 atom stereocenters. The van der Waals surface area contributed by atoms with Crippen LogP contribution in [0.15, 0.2) is 89.8 Å². The van der Waals surface area contributed by atoms with Gasteiger partial charge in [0.1, 0.15) is 0 Å². The average Bonchev–Trinajstić information content (AvgIpc) is 3.37. The molecule has 1 unspecified atom stereocenters. The molecular weight excluding hydrogens is 458 g/mol. The Morgan fingerprint density at radius 2 is 1.49 bits per heavy atom. The zero-order chi connectivity index (χ0) is 24.3. The maximum Gasteiger partial charge on any atom is 0.254 e. The zero-order valence-electron chi connectivity index (χ0n) is 19.8. The topological polar surface area (TPSA) is 60.9 Å². The van der Waals surface area contributed by atoms with Crippen molar-refractivity contribution in [2.24, 2.45) is 0 Å². The SMILES string of the molecule is O=C(c1cccc(S(=O)(=O)N2CCN(c3ccccc3)CC2)c1)N1CCCC1Cc1ccccc1. The van der Waals surface area contributed by atoms with Crippen LogP contribution in [0.25, 0.3) is 0 Å².